The van der Waals surface area contributed by atoms with E-state index in [0.717, 1.165) is 11.1 Å². The number of hydrogen-bond acceptors (Lipinski definition) is 1. The molecule has 0 radical (unpaired) electrons. The van der Waals surface area contributed by atoms with E-state index in [0.29, 0.717) is 12.8 Å². The fourth-order valence-corrected chi connectivity index (χ4v) is 4.51. The van der Waals surface area contributed by atoms with E-state index in [2.05, 4.69) is 24.3 Å². The number of rotatable bonds is 8. The van der Waals surface area contributed by atoms with Gasteiger partial charge in [-0.2, -0.15) is 0 Å². The molecule has 0 amide bonds. The lowest BCUT2D eigenvalue weighted by Crippen LogP contribution is -2.31. The van der Waals surface area contributed by atoms with Gasteiger partial charge in [-0.3, -0.25) is 4.79 Å². The molecule has 4 rings (SSSR count). The molecule has 0 saturated carbocycles. The number of halogens is 1. The molecule has 0 aliphatic carbocycles. The van der Waals surface area contributed by atoms with Crippen molar-refractivity contribution in [3.63, 3.8) is 0 Å². The minimum absolute atomic E-state index is 0.0171. The summed E-state index contributed by atoms with van der Waals surface area (Å²) in [4.78, 5) is 12.5. The molecule has 0 aliphatic heterocycles. The van der Waals surface area contributed by atoms with Crippen LogP contribution in [0.2, 0.25) is 0 Å². The van der Waals surface area contributed by atoms with E-state index >= 15 is 0 Å². The average Bonchev–Trinajstić information content (AvgIpc) is 2.86. The first-order valence-corrected chi connectivity index (χ1v) is 11.0. The van der Waals surface area contributed by atoms with Crippen molar-refractivity contribution in [3.05, 3.63) is 144 Å². The van der Waals surface area contributed by atoms with E-state index in [-0.39, 0.29) is 11.7 Å². The van der Waals surface area contributed by atoms with Crippen molar-refractivity contribution < 1.29 is 4.79 Å². The maximum Gasteiger partial charge on any atom is 0.162 e. The highest BCUT2D eigenvalue weighted by molar-refractivity contribution is 6.37. The number of carbonyl (C=O) groups is 1. The number of Topliss-reactive ketones (excluding diaryl/α,β-unsaturated/α-hetero) is 1. The third-order valence-corrected chi connectivity index (χ3v) is 6.44. The van der Waals surface area contributed by atoms with Crippen molar-refractivity contribution >= 4 is 17.4 Å². The molecular weight excluding hydrogens is 400 g/mol. The Kier molecular flexibility index (Phi) is 6.64. The van der Waals surface area contributed by atoms with E-state index in [1.54, 1.807) is 0 Å². The van der Waals surface area contributed by atoms with Crippen molar-refractivity contribution in [1.29, 1.82) is 0 Å². The molecule has 0 atom stereocenters. The maximum atomic E-state index is 13.7. The van der Waals surface area contributed by atoms with Crippen molar-refractivity contribution in [3.8, 4) is 0 Å². The second-order valence-corrected chi connectivity index (χ2v) is 8.29. The summed E-state index contributed by atoms with van der Waals surface area (Å²) in [5.74, 6) is 0.155. The first-order chi connectivity index (χ1) is 15.2. The normalized spacial score (nSPS) is 11.4. The molecule has 0 heterocycles. The Bertz CT molecular complexity index is 1010. The summed E-state index contributed by atoms with van der Waals surface area (Å²) in [6.45, 7) is 0. The lowest BCUT2D eigenvalue weighted by atomic mass is 9.81. The Balaban J connectivity index is 1.65. The molecule has 0 fully saturated rings. The zero-order valence-electron chi connectivity index (χ0n) is 17.3. The van der Waals surface area contributed by atoms with E-state index in [9.17, 15) is 4.79 Å². The van der Waals surface area contributed by atoms with Crippen LogP contribution in [0.25, 0.3) is 0 Å². The summed E-state index contributed by atoms with van der Waals surface area (Å²) in [5.41, 5.74) is 4.04. The highest BCUT2D eigenvalue weighted by atomic mass is 35.5. The van der Waals surface area contributed by atoms with E-state index in [1.807, 2.05) is 97.1 Å². The van der Waals surface area contributed by atoms with Gasteiger partial charge in [0.25, 0.3) is 0 Å². The Hall–Kier alpha value is -3.16. The predicted molar refractivity (Wildman–Crippen MR) is 128 cm³/mol. The van der Waals surface area contributed by atoms with Crippen LogP contribution in [0.15, 0.2) is 121 Å². The van der Waals surface area contributed by atoms with Gasteiger partial charge in [0.15, 0.2) is 10.7 Å². The summed E-state index contributed by atoms with van der Waals surface area (Å²) < 4.78 is 0. The van der Waals surface area contributed by atoms with Gasteiger partial charge >= 0.3 is 0 Å². The molecule has 0 unspecified atom stereocenters. The molecule has 0 aliphatic rings. The van der Waals surface area contributed by atoms with Crippen LogP contribution in [0, 0.1) is 0 Å². The van der Waals surface area contributed by atoms with Gasteiger partial charge in [-0.25, -0.2) is 0 Å². The van der Waals surface area contributed by atoms with E-state index in [1.165, 1.54) is 11.1 Å². The first-order valence-electron chi connectivity index (χ1n) is 10.6. The first kappa shape index (κ1) is 21.1. The number of hydrogen-bond donors (Lipinski definition) is 0. The smallest absolute Gasteiger partial charge is 0.162 e. The van der Waals surface area contributed by atoms with Crippen LogP contribution in [0.1, 0.15) is 41.0 Å². The second kappa shape index (κ2) is 9.76. The van der Waals surface area contributed by atoms with Crippen LogP contribution >= 0.6 is 11.6 Å². The standard InChI is InChI=1S/C29H25ClO/c30-29(25-17-9-3-10-18-25,26-19-11-4-12-20-26)28(31)22-21-27(23-13-5-1-6-14-23)24-15-7-2-8-16-24/h1-20,27H,21-22H2. The summed E-state index contributed by atoms with van der Waals surface area (Å²) in [6.07, 6.45) is 1.07. The molecule has 1 nitrogen and oxygen atoms in total. The topological polar surface area (TPSA) is 17.1 Å². The van der Waals surface area contributed by atoms with Crippen LogP contribution in [0.4, 0.5) is 0 Å². The van der Waals surface area contributed by atoms with Gasteiger partial charge in [0.1, 0.15) is 0 Å². The van der Waals surface area contributed by atoms with Crippen LogP contribution in [-0.2, 0) is 9.67 Å². The van der Waals surface area contributed by atoms with Crippen molar-refractivity contribution in [2.24, 2.45) is 0 Å². The Morgan fingerprint density at radius 3 is 1.35 bits per heavy atom. The molecular formula is C29H25ClO. The third kappa shape index (κ3) is 4.62. The fraction of sp³-hybridized carbons (Fsp3) is 0.138. The van der Waals surface area contributed by atoms with E-state index < -0.39 is 4.87 Å². The highest BCUT2D eigenvalue weighted by Gasteiger charge is 2.39. The SMILES string of the molecule is O=C(CCC(c1ccccc1)c1ccccc1)C(Cl)(c1ccccc1)c1ccccc1. The lowest BCUT2D eigenvalue weighted by molar-refractivity contribution is -0.121. The lowest BCUT2D eigenvalue weighted by Gasteiger charge is -2.28. The maximum absolute atomic E-state index is 13.7. The molecule has 0 aromatic heterocycles. The fourth-order valence-electron chi connectivity index (χ4n) is 4.17. The zero-order chi connectivity index (χ0) is 21.5. The van der Waals surface area contributed by atoms with Crippen LogP contribution in [-0.4, -0.2) is 5.78 Å². The van der Waals surface area contributed by atoms with Gasteiger partial charge in [0.05, 0.1) is 0 Å². The molecule has 4 aromatic rings. The zero-order valence-corrected chi connectivity index (χ0v) is 18.1. The molecule has 2 heteroatoms. The number of ketones is 1. The quantitative estimate of drug-likeness (QED) is 0.270. The van der Waals surface area contributed by atoms with Gasteiger partial charge in [-0.05, 0) is 28.7 Å². The molecule has 0 bridgehead atoms. The Labute approximate surface area is 189 Å². The predicted octanol–water partition coefficient (Wildman–Crippen LogP) is 7.35. The van der Waals surface area contributed by atoms with Crippen molar-refractivity contribution in [2.45, 2.75) is 23.6 Å². The van der Waals surface area contributed by atoms with Gasteiger partial charge < -0.3 is 0 Å². The van der Waals surface area contributed by atoms with Crippen molar-refractivity contribution in [1.82, 2.24) is 0 Å². The van der Waals surface area contributed by atoms with Crippen LogP contribution in [0.5, 0.6) is 0 Å². The van der Waals surface area contributed by atoms with Crippen molar-refractivity contribution in [2.75, 3.05) is 0 Å². The van der Waals surface area contributed by atoms with Gasteiger partial charge in [-0.1, -0.05) is 121 Å². The summed E-state index contributed by atoms with van der Waals surface area (Å²) in [7, 11) is 0. The minimum Gasteiger partial charge on any atom is -0.297 e. The van der Waals surface area contributed by atoms with E-state index in [4.69, 9.17) is 11.6 Å². The van der Waals surface area contributed by atoms with Gasteiger partial charge in [-0.15, -0.1) is 11.6 Å². The second-order valence-electron chi connectivity index (χ2n) is 7.73. The van der Waals surface area contributed by atoms with Gasteiger partial charge in [0, 0.05) is 12.3 Å². The molecule has 0 saturated heterocycles. The Morgan fingerprint density at radius 1 is 0.613 bits per heavy atom. The number of alkyl halides is 1. The molecule has 0 N–H and O–H groups in total. The number of benzene rings is 4. The minimum atomic E-state index is -1.19. The van der Waals surface area contributed by atoms with Crippen LogP contribution in [0.3, 0.4) is 0 Å². The Morgan fingerprint density at radius 2 is 0.968 bits per heavy atom. The monoisotopic (exact) mass is 424 g/mol. The summed E-state index contributed by atoms with van der Waals surface area (Å²) >= 11 is 7.17. The summed E-state index contributed by atoms with van der Waals surface area (Å²) in [6, 6.07) is 40.1. The largest absolute Gasteiger partial charge is 0.297 e. The summed E-state index contributed by atoms with van der Waals surface area (Å²) in [5, 5.41) is 0. The highest BCUT2D eigenvalue weighted by Crippen LogP contribution is 2.40. The third-order valence-electron chi connectivity index (χ3n) is 5.79. The molecule has 4 aromatic carbocycles. The molecule has 0 spiro atoms. The van der Waals surface area contributed by atoms with Gasteiger partial charge in [0.2, 0.25) is 0 Å². The van der Waals surface area contributed by atoms with Crippen LogP contribution < -0.4 is 0 Å². The molecule has 154 valence electrons. The average molecular weight is 425 g/mol. The molecule has 31 heavy (non-hydrogen) atoms. The number of carbonyl (C=O) groups excluding carboxylic acids is 1.